The number of aryl methyl sites for hydroxylation is 1. The fourth-order valence-electron chi connectivity index (χ4n) is 4.01. The largest absolute Gasteiger partial charge is 0.384 e. The highest BCUT2D eigenvalue weighted by Gasteiger charge is 2.24. The summed E-state index contributed by atoms with van der Waals surface area (Å²) in [6, 6.07) is 8.16. The Hall–Kier alpha value is -3.83. The molecule has 3 heterocycles. The van der Waals surface area contributed by atoms with E-state index in [-0.39, 0.29) is 11.5 Å². The van der Waals surface area contributed by atoms with Crippen LogP contribution in [0.3, 0.4) is 0 Å². The number of terminal acetylenes is 1. The highest BCUT2D eigenvalue weighted by Crippen LogP contribution is 2.33. The summed E-state index contributed by atoms with van der Waals surface area (Å²) in [6.07, 6.45) is 9.15. The number of benzene rings is 1. The molecule has 0 unspecified atom stereocenters. The molecule has 4 rings (SSSR count). The molecule has 8 heteroatoms. The first-order chi connectivity index (χ1) is 16.0. The van der Waals surface area contributed by atoms with E-state index < -0.39 is 5.82 Å². The molecule has 0 aliphatic carbocycles. The van der Waals surface area contributed by atoms with Crippen LogP contribution in [0.5, 0.6) is 0 Å². The van der Waals surface area contributed by atoms with Crippen molar-refractivity contribution in [3.8, 4) is 34.7 Å². The van der Waals surface area contributed by atoms with Crippen LogP contribution in [0, 0.1) is 18.2 Å². The van der Waals surface area contributed by atoms with E-state index in [1.807, 2.05) is 13.0 Å². The number of pyridine rings is 1. The maximum absolute atomic E-state index is 15.2. The molecule has 1 aromatic carbocycles. The van der Waals surface area contributed by atoms with Crippen LogP contribution < -0.4 is 5.73 Å². The summed E-state index contributed by atoms with van der Waals surface area (Å²) < 4.78 is 15.2. The van der Waals surface area contributed by atoms with Crippen molar-refractivity contribution in [1.82, 2.24) is 24.8 Å². The lowest BCUT2D eigenvalue weighted by Gasteiger charge is -2.33. The van der Waals surface area contributed by atoms with E-state index in [2.05, 4.69) is 25.8 Å². The predicted molar refractivity (Wildman–Crippen MR) is 126 cm³/mol. The van der Waals surface area contributed by atoms with Crippen molar-refractivity contribution in [3.63, 3.8) is 0 Å². The van der Waals surface area contributed by atoms with Gasteiger partial charge in [0.1, 0.15) is 18.0 Å². The standard InChI is InChI=1S/C25H25FN6O/c1-3-9-31-10-12-32(13-11-31)25(33)19-7-5-17(14-20(19)26)24-23(21(4-2)29-16-30-24)18-6-8-22(27)28-15-18/h1,5-8,14-16H,4,9-13H2,2H3,(H2,27,28). The number of halogens is 1. The van der Waals surface area contributed by atoms with E-state index in [1.54, 1.807) is 23.2 Å². The van der Waals surface area contributed by atoms with Gasteiger partial charge in [0.25, 0.3) is 5.91 Å². The number of rotatable bonds is 5. The van der Waals surface area contributed by atoms with Crippen LogP contribution in [0.1, 0.15) is 23.0 Å². The third-order valence-corrected chi connectivity index (χ3v) is 5.78. The predicted octanol–water partition coefficient (Wildman–Crippen LogP) is 2.88. The second-order valence-electron chi connectivity index (χ2n) is 7.84. The number of amides is 1. The van der Waals surface area contributed by atoms with Crippen molar-refractivity contribution in [2.75, 3.05) is 38.5 Å². The number of hydrogen-bond donors (Lipinski definition) is 1. The van der Waals surface area contributed by atoms with E-state index in [1.165, 1.54) is 18.5 Å². The van der Waals surface area contributed by atoms with Gasteiger partial charge in [0, 0.05) is 49.1 Å². The van der Waals surface area contributed by atoms with Gasteiger partial charge in [-0.25, -0.2) is 19.3 Å². The van der Waals surface area contributed by atoms with Crippen molar-refractivity contribution >= 4 is 11.7 Å². The lowest BCUT2D eigenvalue weighted by Crippen LogP contribution is -2.48. The van der Waals surface area contributed by atoms with Crippen LogP contribution in [0.25, 0.3) is 22.4 Å². The zero-order valence-corrected chi connectivity index (χ0v) is 18.5. The molecule has 1 amide bonds. The molecule has 0 radical (unpaired) electrons. The van der Waals surface area contributed by atoms with E-state index in [9.17, 15) is 4.79 Å². The molecular formula is C25H25FN6O. The Morgan fingerprint density at radius 2 is 1.88 bits per heavy atom. The molecule has 0 spiro atoms. The van der Waals surface area contributed by atoms with Gasteiger partial charge in [-0.15, -0.1) is 6.42 Å². The summed E-state index contributed by atoms with van der Waals surface area (Å²) >= 11 is 0. The summed E-state index contributed by atoms with van der Waals surface area (Å²) in [5, 5.41) is 0. The van der Waals surface area contributed by atoms with Crippen molar-refractivity contribution in [3.05, 3.63) is 59.9 Å². The first kappa shape index (κ1) is 22.4. The minimum atomic E-state index is -0.582. The minimum Gasteiger partial charge on any atom is -0.384 e. The number of aromatic nitrogens is 3. The molecule has 7 nitrogen and oxygen atoms in total. The summed E-state index contributed by atoms with van der Waals surface area (Å²) in [5.74, 6) is 2.12. The van der Waals surface area contributed by atoms with Crippen molar-refractivity contribution in [2.45, 2.75) is 13.3 Å². The molecule has 33 heavy (non-hydrogen) atoms. The second-order valence-corrected chi connectivity index (χ2v) is 7.84. The third-order valence-electron chi connectivity index (χ3n) is 5.78. The number of carbonyl (C=O) groups excluding carboxylic acids is 1. The van der Waals surface area contributed by atoms with Gasteiger partial charge in [-0.05, 0) is 30.7 Å². The normalized spacial score (nSPS) is 14.2. The lowest BCUT2D eigenvalue weighted by molar-refractivity contribution is 0.0647. The highest BCUT2D eigenvalue weighted by atomic mass is 19.1. The topological polar surface area (TPSA) is 88.2 Å². The number of anilines is 1. The second kappa shape index (κ2) is 9.76. The SMILES string of the molecule is C#CCN1CCN(C(=O)c2ccc(-c3ncnc(CC)c3-c3ccc(N)nc3)cc2F)CC1. The number of nitrogens with two attached hydrogens (primary N) is 1. The first-order valence-corrected chi connectivity index (χ1v) is 10.8. The van der Waals surface area contributed by atoms with Gasteiger partial charge < -0.3 is 10.6 Å². The summed E-state index contributed by atoms with van der Waals surface area (Å²) in [5.41, 5.74) is 9.30. The highest BCUT2D eigenvalue weighted by molar-refractivity contribution is 5.95. The maximum atomic E-state index is 15.2. The molecule has 0 bridgehead atoms. The molecule has 1 aliphatic heterocycles. The zero-order chi connectivity index (χ0) is 23.4. The fraction of sp³-hybridized carbons (Fsp3) is 0.280. The maximum Gasteiger partial charge on any atom is 0.256 e. The average Bonchev–Trinajstić information content (AvgIpc) is 2.84. The summed E-state index contributed by atoms with van der Waals surface area (Å²) in [7, 11) is 0. The number of nitrogen functional groups attached to an aromatic ring is 1. The van der Waals surface area contributed by atoms with Crippen molar-refractivity contribution in [1.29, 1.82) is 0 Å². The van der Waals surface area contributed by atoms with Gasteiger partial charge in [0.2, 0.25) is 0 Å². The van der Waals surface area contributed by atoms with Gasteiger partial charge >= 0.3 is 0 Å². The van der Waals surface area contributed by atoms with E-state index in [0.29, 0.717) is 56.2 Å². The summed E-state index contributed by atoms with van der Waals surface area (Å²) in [6.45, 7) is 4.93. The zero-order valence-electron chi connectivity index (χ0n) is 18.5. The van der Waals surface area contributed by atoms with Crippen LogP contribution >= 0.6 is 0 Å². The van der Waals surface area contributed by atoms with Crippen LogP contribution in [-0.2, 0) is 6.42 Å². The van der Waals surface area contributed by atoms with Crippen LogP contribution in [0.15, 0.2) is 42.9 Å². The van der Waals surface area contributed by atoms with Gasteiger partial charge in [-0.1, -0.05) is 18.9 Å². The van der Waals surface area contributed by atoms with Gasteiger partial charge in [0.05, 0.1) is 23.5 Å². The first-order valence-electron chi connectivity index (χ1n) is 10.8. The molecule has 2 aromatic heterocycles. The van der Waals surface area contributed by atoms with Crippen molar-refractivity contribution < 1.29 is 9.18 Å². The fourth-order valence-corrected chi connectivity index (χ4v) is 4.01. The molecule has 1 aliphatic rings. The van der Waals surface area contributed by atoms with E-state index >= 15 is 4.39 Å². The molecular weight excluding hydrogens is 419 g/mol. The third kappa shape index (κ3) is 4.69. The average molecular weight is 445 g/mol. The quantitative estimate of drug-likeness (QED) is 0.609. The summed E-state index contributed by atoms with van der Waals surface area (Å²) in [4.78, 5) is 29.7. The number of piperazine rings is 1. The number of hydrogen-bond acceptors (Lipinski definition) is 6. The molecule has 1 fully saturated rings. The Morgan fingerprint density at radius 3 is 2.52 bits per heavy atom. The van der Waals surface area contributed by atoms with Crippen molar-refractivity contribution in [2.24, 2.45) is 0 Å². The monoisotopic (exact) mass is 444 g/mol. The Labute approximate surface area is 192 Å². The molecule has 2 N–H and O–H groups in total. The van der Waals surface area contributed by atoms with Gasteiger partial charge in [0.15, 0.2) is 0 Å². The van der Waals surface area contributed by atoms with E-state index in [4.69, 9.17) is 12.2 Å². The Morgan fingerprint density at radius 1 is 1.12 bits per heavy atom. The van der Waals surface area contributed by atoms with Gasteiger partial charge in [-0.3, -0.25) is 9.69 Å². The van der Waals surface area contributed by atoms with Gasteiger partial charge in [-0.2, -0.15) is 0 Å². The Kier molecular flexibility index (Phi) is 6.61. The Balaban J connectivity index is 1.65. The smallest absolute Gasteiger partial charge is 0.256 e. The van der Waals surface area contributed by atoms with Crippen LogP contribution in [-0.4, -0.2) is 63.4 Å². The molecule has 168 valence electrons. The minimum absolute atomic E-state index is 0.0459. The van der Waals surface area contributed by atoms with Crippen LogP contribution in [0.2, 0.25) is 0 Å². The van der Waals surface area contributed by atoms with Crippen LogP contribution in [0.4, 0.5) is 10.2 Å². The number of nitrogens with zero attached hydrogens (tertiary/aromatic N) is 5. The number of carbonyl (C=O) groups is 1. The molecule has 0 atom stereocenters. The Bertz CT molecular complexity index is 1200. The molecule has 0 saturated carbocycles. The molecule has 3 aromatic rings. The lowest BCUT2D eigenvalue weighted by atomic mass is 9.96. The van der Waals surface area contributed by atoms with E-state index in [0.717, 1.165) is 16.8 Å². The molecule has 1 saturated heterocycles.